The summed E-state index contributed by atoms with van der Waals surface area (Å²) in [5.41, 5.74) is 5.40. The van der Waals surface area contributed by atoms with E-state index in [0.717, 1.165) is 6.54 Å². The van der Waals surface area contributed by atoms with Crippen LogP contribution in [-0.2, 0) is 4.79 Å². The standard InChI is InChI=1S/C7H17N3O/c1-6(8)7(11)10(3)5-4-9-2/h6,9H,4-5,8H2,1-3H3/t6-/m1/s1. The van der Waals surface area contributed by atoms with Crippen molar-refractivity contribution in [3.05, 3.63) is 0 Å². The largest absolute Gasteiger partial charge is 0.343 e. The molecule has 1 atom stereocenters. The molecule has 0 aromatic carbocycles. The molecule has 0 fully saturated rings. The summed E-state index contributed by atoms with van der Waals surface area (Å²) in [4.78, 5) is 12.7. The summed E-state index contributed by atoms with van der Waals surface area (Å²) in [6, 6.07) is -0.392. The molecular weight excluding hydrogens is 142 g/mol. The SMILES string of the molecule is CNCCN(C)C(=O)[C@@H](C)N. The third kappa shape index (κ3) is 3.95. The van der Waals surface area contributed by atoms with Crippen molar-refractivity contribution < 1.29 is 4.79 Å². The van der Waals surface area contributed by atoms with Crippen LogP contribution in [0.3, 0.4) is 0 Å². The Labute approximate surface area is 67.7 Å². The molecule has 4 nitrogen and oxygen atoms in total. The van der Waals surface area contributed by atoms with Crippen LogP contribution in [-0.4, -0.2) is 44.0 Å². The highest BCUT2D eigenvalue weighted by atomic mass is 16.2. The highest BCUT2D eigenvalue weighted by Gasteiger charge is 2.11. The Morgan fingerprint density at radius 2 is 2.27 bits per heavy atom. The van der Waals surface area contributed by atoms with Gasteiger partial charge in [-0.05, 0) is 14.0 Å². The van der Waals surface area contributed by atoms with Gasteiger partial charge in [0.15, 0.2) is 0 Å². The Morgan fingerprint density at radius 3 is 2.64 bits per heavy atom. The Balaban J connectivity index is 3.64. The van der Waals surface area contributed by atoms with E-state index in [4.69, 9.17) is 5.73 Å². The van der Waals surface area contributed by atoms with Gasteiger partial charge in [-0.25, -0.2) is 0 Å². The molecule has 0 aromatic rings. The minimum absolute atomic E-state index is 0.0137. The number of nitrogens with zero attached hydrogens (tertiary/aromatic N) is 1. The van der Waals surface area contributed by atoms with Crippen LogP contribution in [0.1, 0.15) is 6.92 Å². The van der Waals surface area contributed by atoms with E-state index in [9.17, 15) is 4.79 Å². The van der Waals surface area contributed by atoms with Gasteiger partial charge < -0.3 is 16.0 Å². The van der Waals surface area contributed by atoms with Crippen LogP contribution in [0.25, 0.3) is 0 Å². The van der Waals surface area contributed by atoms with Gasteiger partial charge in [-0.2, -0.15) is 0 Å². The zero-order chi connectivity index (χ0) is 8.85. The summed E-state index contributed by atoms with van der Waals surface area (Å²) in [6.07, 6.45) is 0. The quantitative estimate of drug-likeness (QED) is 0.554. The molecule has 0 saturated carbocycles. The summed E-state index contributed by atoms with van der Waals surface area (Å²) in [5.74, 6) is -0.0137. The van der Waals surface area contributed by atoms with Crippen LogP contribution >= 0.6 is 0 Å². The topological polar surface area (TPSA) is 58.4 Å². The van der Waals surface area contributed by atoms with Gasteiger partial charge in [0.1, 0.15) is 0 Å². The number of carbonyl (C=O) groups excluding carboxylic acids is 1. The third-order valence-corrected chi connectivity index (χ3v) is 1.46. The number of likely N-dealkylation sites (N-methyl/N-ethyl adjacent to an activating group) is 2. The second-order valence-corrected chi connectivity index (χ2v) is 2.65. The van der Waals surface area contributed by atoms with Crippen molar-refractivity contribution in [2.75, 3.05) is 27.2 Å². The lowest BCUT2D eigenvalue weighted by atomic mass is 10.3. The molecule has 66 valence electrons. The second kappa shape index (κ2) is 5.09. The minimum Gasteiger partial charge on any atom is -0.343 e. The zero-order valence-electron chi connectivity index (χ0n) is 7.42. The molecule has 0 unspecified atom stereocenters. The monoisotopic (exact) mass is 159 g/mol. The second-order valence-electron chi connectivity index (χ2n) is 2.65. The number of nitrogens with one attached hydrogen (secondary N) is 1. The summed E-state index contributed by atoms with van der Waals surface area (Å²) < 4.78 is 0. The Bertz CT molecular complexity index is 125. The maximum absolute atomic E-state index is 11.1. The predicted octanol–water partition coefficient (Wildman–Crippen LogP) is -0.989. The van der Waals surface area contributed by atoms with Gasteiger partial charge in [0, 0.05) is 20.1 Å². The highest BCUT2D eigenvalue weighted by molar-refractivity contribution is 5.80. The first kappa shape index (κ1) is 10.4. The van der Waals surface area contributed by atoms with E-state index in [1.54, 1.807) is 18.9 Å². The van der Waals surface area contributed by atoms with E-state index in [2.05, 4.69) is 5.32 Å². The molecule has 1 amide bonds. The molecule has 11 heavy (non-hydrogen) atoms. The van der Waals surface area contributed by atoms with Gasteiger partial charge in [0.2, 0.25) is 5.91 Å². The normalized spacial score (nSPS) is 12.7. The smallest absolute Gasteiger partial charge is 0.238 e. The molecule has 0 aliphatic heterocycles. The van der Waals surface area contributed by atoms with Gasteiger partial charge in [0.25, 0.3) is 0 Å². The fourth-order valence-electron chi connectivity index (χ4n) is 0.737. The van der Waals surface area contributed by atoms with Crippen molar-refractivity contribution in [1.29, 1.82) is 0 Å². The highest BCUT2D eigenvalue weighted by Crippen LogP contribution is 1.86. The summed E-state index contributed by atoms with van der Waals surface area (Å²) in [7, 11) is 3.60. The molecule has 0 spiro atoms. The maximum atomic E-state index is 11.1. The Kier molecular flexibility index (Phi) is 4.81. The Hall–Kier alpha value is -0.610. The molecule has 3 N–H and O–H groups in total. The number of rotatable bonds is 4. The van der Waals surface area contributed by atoms with E-state index < -0.39 is 6.04 Å². The lowest BCUT2D eigenvalue weighted by Crippen LogP contribution is -2.42. The molecule has 0 aliphatic carbocycles. The van der Waals surface area contributed by atoms with Crippen molar-refractivity contribution in [3.8, 4) is 0 Å². The average Bonchev–Trinajstić information content (AvgIpc) is 1.98. The van der Waals surface area contributed by atoms with E-state index in [1.165, 1.54) is 0 Å². The van der Waals surface area contributed by atoms with Gasteiger partial charge in [-0.1, -0.05) is 0 Å². The fourth-order valence-corrected chi connectivity index (χ4v) is 0.737. The first-order valence-corrected chi connectivity index (χ1v) is 3.74. The summed E-state index contributed by atoms with van der Waals surface area (Å²) in [6.45, 7) is 3.20. The van der Waals surface area contributed by atoms with E-state index in [0.29, 0.717) is 6.54 Å². The minimum atomic E-state index is -0.392. The molecule has 0 saturated heterocycles. The first-order valence-electron chi connectivity index (χ1n) is 3.74. The molecule has 0 heterocycles. The van der Waals surface area contributed by atoms with Crippen LogP contribution in [0.5, 0.6) is 0 Å². The van der Waals surface area contributed by atoms with Crippen molar-refractivity contribution in [2.45, 2.75) is 13.0 Å². The average molecular weight is 159 g/mol. The molecular formula is C7H17N3O. The number of hydrogen-bond acceptors (Lipinski definition) is 3. The molecule has 4 heteroatoms. The third-order valence-electron chi connectivity index (χ3n) is 1.46. The number of nitrogens with two attached hydrogens (primary N) is 1. The molecule has 0 rings (SSSR count). The fraction of sp³-hybridized carbons (Fsp3) is 0.857. The van der Waals surface area contributed by atoms with Crippen molar-refractivity contribution in [3.63, 3.8) is 0 Å². The van der Waals surface area contributed by atoms with Gasteiger partial charge >= 0.3 is 0 Å². The van der Waals surface area contributed by atoms with Crippen LogP contribution in [0.2, 0.25) is 0 Å². The number of carbonyl (C=O) groups is 1. The van der Waals surface area contributed by atoms with E-state index in [1.807, 2.05) is 7.05 Å². The molecule has 0 bridgehead atoms. The van der Waals surface area contributed by atoms with E-state index in [-0.39, 0.29) is 5.91 Å². The molecule has 0 aromatic heterocycles. The van der Waals surface area contributed by atoms with Gasteiger partial charge in [-0.3, -0.25) is 4.79 Å². The maximum Gasteiger partial charge on any atom is 0.238 e. The zero-order valence-corrected chi connectivity index (χ0v) is 7.42. The first-order chi connectivity index (χ1) is 5.09. The molecule has 0 radical (unpaired) electrons. The molecule has 0 aliphatic rings. The van der Waals surface area contributed by atoms with Gasteiger partial charge in [-0.15, -0.1) is 0 Å². The predicted molar refractivity (Wildman–Crippen MR) is 45.2 cm³/mol. The lowest BCUT2D eigenvalue weighted by molar-refractivity contribution is -0.130. The van der Waals surface area contributed by atoms with Crippen LogP contribution in [0, 0.1) is 0 Å². The lowest BCUT2D eigenvalue weighted by Gasteiger charge is -2.18. The van der Waals surface area contributed by atoms with Crippen LogP contribution < -0.4 is 11.1 Å². The summed E-state index contributed by atoms with van der Waals surface area (Å²) in [5, 5.41) is 2.96. The van der Waals surface area contributed by atoms with Crippen molar-refractivity contribution >= 4 is 5.91 Å². The van der Waals surface area contributed by atoms with Crippen LogP contribution in [0.4, 0.5) is 0 Å². The number of hydrogen-bond donors (Lipinski definition) is 2. The summed E-state index contributed by atoms with van der Waals surface area (Å²) >= 11 is 0. The Morgan fingerprint density at radius 1 is 1.73 bits per heavy atom. The van der Waals surface area contributed by atoms with Crippen molar-refractivity contribution in [2.24, 2.45) is 5.73 Å². The van der Waals surface area contributed by atoms with Crippen LogP contribution in [0.15, 0.2) is 0 Å². The van der Waals surface area contributed by atoms with Crippen molar-refractivity contribution in [1.82, 2.24) is 10.2 Å². The number of amides is 1. The van der Waals surface area contributed by atoms with E-state index >= 15 is 0 Å². The van der Waals surface area contributed by atoms with Gasteiger partial charge in [0.05, 0.1) is 6.04 Å².